The van der Waals surface area contributed by atoms with Gasteiger partial charge >= 0.3 is 5.97 Å². The number of nitrogens with zero attached hydrogens (tertiary/aromatic N) is 1. The van der Waals surface area contributed by atoms with E-state index in [-0.39, 0.29) is 0 Å². The van der Waals surface area contributed by atoms with Gasteiger partial charge in [0.15, 0.2) is 0 Å². The number of benzene rings is 1. The maximum atomic E-state index is 11.3. The molecule has 1 heterocycles. The lowest BCUT2D eigenvalue weighted by atomic mass is 10.1. The number of carboxylic acid groups (broad SMARTS) is 1. The number of aromatic nitrogens is 1. The van der Waals surface area contributed by atoms with E-state index in [1.54, 1.807) is 12.1 Å². The van der Waals surface area contributed by atoms with E-state index in [0.29, 0.717) is 28.3 Å². The Morgan fingerprint density at radius 1 is 1.32 bits per heavy atom. The minimum atomic E-state index is -0.925. The molecule has 100 valence electrons. The van der Waals surface area contributed by atoms with Crippen LogP contribution >= 0.6 is 0 Å². The predicted molar refractivity (Wildman–Crippen MR) is 76.7 cm³/mol. The summed E-state index contributed by atoms with van der Waals surface area (Å²) in [7, 11) is 0. The van der Waals surface area contributed by atoms with Gasteiger partial charge in [0.25, 0.3) is 0 Å². The number of pyridine rings is 1. The molecule has 0 atom stereocenters. The minimum Gasteiger partial charge on any atom is -0.478 e. The molecule has 2 aromatic rings. The van der Waals surface area contributed by atoms with Crippen LogP contribution in [0.3, 0.4) is 0 Å². The summed E-state index contributed by atoms with van der Waals surface area (Å²) in [5.41, 5.74) is 0.995. The minimum absolute atomic E-state index is 0.291. The molecule has 19 heavy (non-hydrogen) atoms. The second kappa shape index (κ2) is 5.69. The maximum absolute atomic E-state index is 11.3. The summed E-state index contributed by atoms with van der Waals surface area (Å²) >= 11 is 0. The average Bonchev–Trinajstić information content (AvgIpc) is 2.43. The molecule has 4 heteroatoms. The first kappa shape index (κ1) is 13.3. The Morgan fingerprint density at radius 3 is 2.63 bits per heavy atom. The van der Waals surface area contributed by atoms with E-state index in [4.69, 9.17) is 0 Å². The van der Waals surface area contributed by atoms with E-state index in [1.807, 2.05) is 18.2 Å². The van der Waals surface area contributed by atoms with Crippen molar-refractivity contribution in [1.29, 1.82) is 0 Å². The van der Waals surface area contributed by atoms with Crippen molar-refractivity contribution in [2.45, 2.75) is 32.7 Å². The second-order valence-corrected chi connectivity index (χ2v) is 4.54. The summed E-state index contributed by atoms with van der Waals surface area (Å²) in [5, 5.41) is 13.3. The molecule has 0 radical (unpaired) electrons. The summed E-state index contributed by atoms with van der Waals surface area (Å²) in [5.74, 6) is -0.295. The molecule has 0 bridgehead atoms. The average molecular weight is 258 g/mol. The van der Waals surface area contributed by atoms with Gasteiger partial charge in [-0.05, 0) is 25.0 Å². The molecular weight excluding hydrogens is 240 g/mol. The smallest absolute Gasteiger partial charge is 0.336 e. The fraction of sp³-hybridized carbons (Fsp3) is 0.333. The van der Waals surface area contributed by atoms with Gasteiger partial charge in [-0.25, -0.2) is 9.78 Å². The third-order valence-electron chi connectivity index (χ3n) is 3.28. The Labute approximate surface area is 112 Å². The number of hydrogen-bond acceptors (Lipinski definition) is 3. The van der Waals surface area contributed by atoms with Crippen LogP contribution in [0.25, 0.3) is 10.9 Å². The monoisotopic (exact) mass is 258 g/mol. The molecule has 2 N–H and O–H groups in total. The van der Waals surface area contributed by atoms with Crippen molar-refractivity contribution in [3.63, 3.8) is 0 Å². The zero-order chi connectivity index (χ0) is 13.8. The van der Waals surface area contributed by atoms with Crippen LogP contribution in [-0.2, 0) is 0 Å². The molecular formula is C15H18N2O2. The lowest BCUT2D eigenvalue weighted by molar-refractivity contribution is 0.0699. The second-order valence-electron chi connectivity index (χ2n) is 4.54. The third-order valence-corrected chi connectivity index (χ3v) is 3.28. The topological polar surface area (TPSA) is 62.2 Å². The molecule has 0 fully saturated rings. The first-order chi connectivity index (χ1) is 9.15. The van der Waals surface area contributed by atoms with Gasteiger partial charge in [-0.1, -0.05) is 32.0 Å². The highest BCUT2D eigenvalue weighted by Crippen LogP contribution is 2.21. The van der Waals surface area contributed by atoms with E-state index in [1.165, 1.54) is 0 Å². The fourth-order valence-corrected chi connectivity index (χ4v) is 2.13. The van der Waals surface area contributed by atoms with Crippen LogP contribution in [0.5, 0.6) is 0 Å². The Kier molecular flexibility index (Phi) is 4.00. The molecule has 2 rings (SSSR count). The van der Waals surface area contributed by atoms with Crippen molar-refractivity contribution in [1.82, 2.24) is 4.98 Å². The molecule has 1 aromatic carbocycles. The van der Waals surface area contributed by atoms with E-state index in [2.05, 4.69) is 24.1 Å². The molecule has 0 unspecified atom stereocenters. The number of rotatable bonds is 5. The molecule has 0 saturated heterocycles. The van der Waals surface area contributed by atoms with E-state index in [9.17, 15) is 9.90 Å². The number of fused-ring (bicyclic) bond motifs is 1. The third kappa shape index (κ3) is 2.84. The van der Waals surface area contributed by atoms with Crippen molar-refractivity contribution in [3.8, 4) is 0 Å². The maximum Gasteiger partial charge on any atom is 0.336 e. The lowest BCUT2D eigenvalue weighted by Gasteiger charge is -2.16. The molecule has 0 aliphatic rings. The van der Waals surface area contributed by atoms with Crippen LogP contribution in [0.2, 0.25) is 0 Å². The van der Waals surface area contributed by atoms with Gasteiger partial charge < -0.3 is 10.4 Å². The van der Waals surface area contributed by atoms with Gasteiger partial charge in [0.2, 0.25) is 0 Å². The molecule has 4 nitrogen and oxygen atoms in total. The van der Waals surface area contributed by atoms with E-state index < -0.39 is 5.97 Å². The first-order valence-corrected chi connectivity index (χ1v) is 6.55. The molecule has 0 spiro atoms. The van der Waals surface area contributed by atoms with Crippen molar-refractivity contribution in [2.24, 2.45) is 0 Å². The zero-order valence-electron chi connectivity index (χ0n) is 11.2. The van der Waals surface area contributed by atoms with Crippen molar-refractivity contribution >= 4 is 22.7 Å². The van der Waals surface area contributed by atoms with Crippen LogP contribution in [0.4, 0.5) is 5.82 Å². The van der Waals surface area contributed by atoms with Gasteiger partial charge in [-0.15, -0.1) is 0 Å². The summed E-state index contributed by atoms with van der Waals surface area (Å²) in [6.07, 6.45) is 1.96. The number of hydrogen-bond donors (Lipinski definition) is 2. The highest BCUT2D eigenvalue weighted by Gasteiger charge is 2.12. The zero-order valence-corrected chi connectivity index (χ0v) is 11.2. The predicted octanol–water partition coefficient (Wildman–Crippen LogP) is 3.53. The SMILES string of the molecule is CCC(CC)Nc1cc(C(=O)O)c2ccccc2n1. The van der Waals surface area contributed by atoms with E-state index in [0.717, 1.165) is 12.8 Å². The molecule has 0 aliphatic carbocycles. The Bertz CT molecular complexity index is 592. The highest BCUT2D eigenvalue weighted by molar-refractivity contribution is 6.03. The number of carbonyl (C=O) groups is 1. The highest BCUT2D eigenvalue weighted by atomic mass is 16.4. The van der Waals surface area contributed by atoms with E-state index >= 15 is 0 Å². The molecule has 1 aromatic heterocycles. The number of anilines is 1. The van der Waals surface area contributed by atoms with Crippen LogP contribution < -0.4 is 5.32 Å². The van der Waals surface area contributed by atoms with Crippen molar-refractivity contribution in [3.05, 3.63) is 35.9 Å². The number of carboxylic acids is 1. The van der Waals surface area contributed by atoms with Gasteiger partial charge in [0.05, 0.1) is 11.1 Å². The number of para-hydroxylation sites is 1. The van der Waals surface area contributed by atoms with Gasteiger partial charge in [-0.2, -0.15) is 0 Å². The lowest BCUT2D eigenvalue weighted by Crippen LogP contribution is -2.18. The van der Waals surface area contributed by atoms with Crippen LogP contribution in [0.1, 0.15) is 37.0 Å². The normalized spacial score (nSPS) is 10.9. The van der Waals surface area contributed by atoms with Gasteiger partial charge in [0, 0.05) is 11.4 Å². The van der Waals surface area contributed by atoms with Crippen LogP contribution in [0, 0.1) is 0 Å². The molecule has 0 aliphatic heterocycles. The van der Waals surface area contributed by atoms with Crippen molar-refractivity contribution < 1.29 is 9.90 Å². The summed E-state index contributed by atoms with van der Waals surface area (Å²) < 4.78 is 0. The molecule has 0 saturated carbocycles. The van der Waals surface area contributed by atoms with Gasteiger partial charge in [-0.3, -0.25) is 0 Å². The molecule has 0 amide bonds. The first-order valence-electron chi connectivity index (χ1n) is 6.55. The Balaban J connectivity index is 2.49. The summed E-state index contributed by atoms with van der Waals surface area (Å²) in [6, 6.07) is 9.23. The standard InChI is InChI=1S/C15H18N2O2/c1-3-10(4-2)16-14-9-12(15(18)19)11-7-5-6-8-13(11)17-14/h5-10H,3-4H2,1-2H3,(H,16,17)(H,18,19). The Morgan fingerprint density at radius 2 is 2.00 bits per heavy atom. The summed E-state index contributed by atoms with van der Waals surface area (Å²) in [6.45, 7) is 4.20. The summed E-state index contributed by atoms with van der Waals surface area (Å²) in [4.78, 5) is 15.8. The van der Waals surface area contributed by atoms with Crippen LogP contribution in [0.15, 0.2) is 30.3 Å². The largest absolute Gasteiger partial charge is 0.478 e. The van der Waals surface area contributed by atoms with Gasteiger partial charge in [0.1, 0.15) is 5.82 Å². The van der Waals surface area contributed by atoms with Crippen molar-refractivity contribution in [2.75, 3.05) is 5.32 Å². The quantitative estimate of drug-likeness (QED) is 0.861. The fourth-order valence-electron chi connectivity index (χ4n) is 2.13. The Hall–Kier alpha value is -2.10. The van der Waals surface area contributed by atoms with Crippen LogP contribution in [-0.4, -0.2) is 22.1 Å². The number of aromatic carboxylic acids is 1. The number of nitrogens with one attached hydrogen (secondary N) is 1.